The molecule has 1 aliphatic heterocycles. The number of furan rings is 1. The third-order valence-corrected chi connectivity index (χ3v) is 3.93. The maximum atomic E-state index is 13.2. The first-order valence-electron chi connectivity index (χ1n) is 7.54. The minimum absolute atomic E-state index is 0.178. The highest BCUT2D eigenvalue weighted by Gasteiger charge is 2.58. The van der Waals surface area contributed by atoms with Crippen molar-refractivity contribution < 1.29 is 32.3 Å². The lowest BCUT2D eigenvalue weighted by Gasteiger charge is -2.28. The van der Waals surface area contributed by atoms with Crippen LogP contribution >= 0.6 is 0 Å². The molecule has 0 spiro atoms. The van der Waals surface area contributed by atoms with Crippen molar-refractivity contribution in [2.75, 3.05) is 19.6 Å². The number of aryl methyl sites for hydroxylation is 1. The van der Waals surface area contributed by atoms with Crippen molar-refractivity contribution in [2.24, 2.45) is 0 Å². The first kappa shape index (κ1) is 18.3. The molecule has 0 bridgehead atoms. The number of rotatable bonds is 5. The van der Waals surface area contributed by atoms with Gasteiger partial charge in [-0.05, 0) is 31.9 Å². The molecule has 2 N–H and O–H groups in total. The van der Waals surface area contributed by atoms with Crippen molar-refractivity contribution >= 4 is 11.8 Å². The molecule has 2 rings (SSSR count). The molecule has 0 saturated carbocycles. The van der Waals surface area contributed by atoms with Gasteiger partial charge in [0, 0.05) is 13.1 Å². The fourth-order valence-corrected chi connectivity index (χ4v) is 2.53. The summed E-state index contributed by atoms with van der Waals surface area (Å²) in [5, 5.41) is 12.1. The number of nitrogens with zero attached hydrogens (tertiary/aromatic N) is 1. The van der Waals surface area contributed by atoms with Gasteiger partial charge in [0.2, 0.25) is 17.4 Å². The molecule has 134 valence electrons. The molecule has 0 aromatic carbocycles. The second-order valence-electron chi connectivity index (χ2n) is 5.81. The largest absolute Gasteiger partial charge is 0.463 e. The van der Waals surface area contributed by atoms with Crippen LogP contribution < -0.4 is 5.32 Å². The Bertz CT molecular complexity index is 608. The zero-order valence-electron chi connectivity index (χ0n) is 13.2. The van der Waals surface area contributed by atoms with E-state index in [0.717, 1.165) is 18.9 Å². The van der Waals surface area contributed by atoms with Crippen LogP contribution in [-0.2, 0) is 15.2 Å². The van der Waals surface area contributed by atoms with Gasteiger partial charge in [0.1, 0.15) is 11.5 Å². The molecule has 2 amide bonds. The van der Waals surface area contributed by atoms with Gasteiger partial charge >= 0.3 is 6.18 Å². The van der Waals surface area contributed by atoms with E-state index in [4.69, 9.17) is 4.42 Å². The molecule has 0 radical (unpaired) electrons. The minimum Gasteiger partial charge on any atom is -0.463 e. The number of carbonyl (C=O) groups is 2. The molecule has 1 aliphatic rings. The Hall–Kier alpha value is -2.03. The Labute approximate surface area is 136 Å². The summed E-state index contributed by atoms with van der Waals surface area (Å²) in [6.07, 6.45) is -4.65. The average molecular weight is 348 g/mol. The second-order valence-corrected chi connectivity index (χ2v) is 5.81. The van der Waals surface area contributed by atoms with Crippen LogP contribution in [0.5, 0.6) is 0 Å². The standard InChI is InChI=1S/C15H19F3N2O4/c1-10-4-5-11(24-10)14(23,15(16,17)18)8-12(21)19-9-13(22)20-6-2-3-7-20/h4-5,23H,2-3,6-9H2,1H3,(H,19,21). The summed E-state index contributed by atoms with van der Waals surface area (Å²) >= 11 is 0. The molecule has 2 heterocycles. The van der Waals surface area contributed by atoms with Crippen LogP contribution in [0, 0.1) is 6.92 Å². The van der Waals surface area contributed by atoms with Gasteiger partial charge < -0.3 is 19.7 Å². The summed E-state index contributed by atoms with van der Waals surface area (Å²) in [7, 11) is 0. The van der Waals surface area contributed by atoms with Gasteiger partial charge in [0.05, 0.1) is 13.0 Å². The summed E-state index contributed by atoms with van der Waals surface area (Å²) in [5.74, 6) is -2.02. The summed E-state index contributed by atoms with van der Waals surface area (Å²) in [5.41, 5.74) is -3.44. The van der Waals surface area contributed by atoms with E-state index < -0.39 is 36.4 Å². The zero-order valence-corrected chi connectivity index (χ0v) is 13.2. The highest BCUT2D eigenvalue weighted by molar-refractivity contribution is 5.85. The van der Waals surface area contributed by atoms with E-state index in [-0.39, 0.29) is 11.7 Å². The number of aliphatic hydroxyl groups is 1. The number of halogens is 3. The Morgan fingerprint density at radius 2 is 1.92 bits per heavy atom. The summed E-state index contributed by atoms with van der Waals surface area (Å²) in [6, 6.07) is 2.24. The van der Waals surface area contributed by atoms with Crippen molar-refractivity contribution in [3.05, 3.63) is 23.7 Å². The Morgan fingerprint density at radius 1 is 1.29 bits per heavy atom. The number of carbonyl (C=O) groups excluding carboxylic acids is 2. The highest BCUT2D eigenvalue weighted by atomic mass is 19.4. The van der Waals surface area contributed by atoms with Crippen LogP contribution in [0.3, 0.4) is 0 Å². The number of hydrogen-bond acceptors (Lipinski definition) is 4. The predicted octanol–water partition coefficient (Wildman–Crippen LogP) is 1.47. The Balaban J connectivity index is 2.01. The predicted molar refractivity (Wildman–Crippen MR) is 76.8 cm³/mol. The van der Waals surface area contributed by atoms with Gasteiger partial charge in [-0.3, -0.25) is 9.59 Å². The van der Waals surface area contributed by atoms with E-state index in [1.165, 1.54) is 17.9 Å². The van der Waals surface area contributed by atoms with E-state index in [0.29, 0.717) is 13.1 Å². The van der Waals surface area contributed by atoms with E-state index in [9.17, 15) is 27.9 Å². The number of amides is 2. The number of likely N-dealkylation sites (tertiary alicyclic amines) is 1. The van der Waals surface area contributed by atoms with Crippen LogP contribution in [0.1, 0.15) is 30.8 Å². The Kier molecular flexibility index (Phi) is 5.22. The first-order chi connectivity index (χ1) is 11.1. The van der Waals surface area contributed by atoms with Gasteiger partial charge in [0.15, 0.2) is 0 Å². The lowest BCUT2D eigenvalue weighted by atomic mass is 9.95. The quantitative estimate of drug-likeness (QED) is 0.844. The molecule has 1 atom stereocenters. The van der Waals surface area contributed by atoms with Crippen LogP contribution in [0.15, 0.2) is 16.5 Å². The molecular weight excluding hydrogens is 329 g/mol. The summed E-state index contributed by atoms with van der Waals surface area (Å²) in [4.78, 5) is 25.1. The fraction of sp³-hybridized carbons (Fsp3) is 0.600. The SMILES string of the molecule is Cc1ccc(C(O)(CC(=O)NCC(=O)N2CCCC2)C(F)(F)F)o1. The molecule has 24 heavy (non-hydrogen) atoms. The molecule has 1 fully saturated rings. The van der Waals surface area contributed by atoms with Crippen molar-refractivity contribution in [3.63, 3.8) is 0 Å². The third-order valence-electron chi connectivity index (χ3n) is 3.93. The normalized spacial score (nSPS) is 17.6. The maximum absolute atomic E-state index is 13.2. The smallest absolute Gasteiger partial charge is 0.425 e. The maximum Gasteiger partial charge on any atom is 0.425 e. The number of hydrogen-bond donors (Lipinski definition) is 2. The monoisotopic (exact) mass is 348 g/mol. The van der Waals surface area contributed by atoms with Crippen molar-refractivity contribution in [3.8, 4) is 0 Å². The summed E-state index contributed by atoms with van der Waals surface area (Å²) in [6.45, 7) is 2.18. The van der Waals surface area contributed by atoms with E-state index in [1.54, 1.807) is 0 Å². The highest BCUT2D eigenvalue weighted by Crippen LogP contribution is 2.42. The van der Waals surface area contributed by atoms with Gasteiger partial charge in [-0.25, -0.2) is 0 Å². The van der Waals surface area contributed by atoms with E-state index >= 15 is 0 Å². The van der Waals surface area contributed by atoms with Crippen molar-refractivity contribution in [1.29, 1.82) is 0 Å². The molecular formula is C15H19F3N2O4. The molecule has 0 aliphatic carbocycles. The van der Waals surface area contributed by atoms with Crippen LogP contribution in [0.25, 0.3) is 0 Å². The van der Waals surface area contributed by atoms with Crippen LogP contribution in [0.4, 0.5) is 13.2 Å². The molecule has 1 aromatic rings. The number of alkyl halides is 3. The zero-order chi connectivity index (χ0) is 18.0. The number of nitrogens with one attached hydrogen (secondary N) is 1. The molecule has 1 saturated heterocycles. The van der Waals surface area contributed by atoms with E-state index in [1.807, 2.05) is 0 Å². The van der Waals surface area contributed by atoms with Crippen molar-refractivity contribution in [2.45, 2.75) is 38.0 Å². The molecule has 1 aromatic heterocycles. The van der Waals surface area contributed by atoms with Crippen LogP contribution in [-0.4, -0.2) is 47.6 Å². The van der Waals surface area contributed by atoms with Gasteiger partial charge in [-0.2, -0.15) is 13.2 Å². The lowest BCUT2D eigenvalue weighted by molar-refractivity contribution is -0.273. The molecule has 1 unspecified atom stereocenters. The van der Waals surface area contributed by atoms with Crippen LogP contribution in [0.2, 0.25) is 0 Å². The molecule has 9 heteroatoms. The van der Waals surface area contributed by atoms with Gasteiger partial charge in [-0.15, -0.1) is 0 Å². The average Bonchev–Trinajstić information content (AvgIpc) is 3.14. The first-order valence-corrected chi connectivity index (χ1v) is 7.54. The molecule has 6 nitrogen and oxygen atoms in total. The minimum atomic E-state index is -5.10. The third kappa shape index (κ3) is 3.89. The second kappa shape index (κ2) is 6.84. The topological polar surface area (TPSA) is 82.8 Å². The van der Waals surface area contributed by atoms with Gasteiger partial charge in [0.25, 0.3) is 0 Å². The Morgan fingerprint density at radius 3 is 2.42 bits per heavy atom. The van der Waals surface area contributed by atoms with E-state index in [2.05, 4.69) is 5.32 Å². The lowest BCUT2D eigenvalue weighted by Crippen LogP contribution is -2.47. The van der Waals surface area contributed by atoms with Gasteiger partial charge in [-0.1, -0.05) is 0 Å². The summed E-state index contributed by atoms with van der Waals surface area (Å²) < 4.78 is 44.6. The van der Waals surface area contributed by atoms with Crippen molar-refractivity contribution in [1.82, 2.24) is 10.2 Å². The fourth-order valence-electron chi connectivity index (χ4n) is 2.53.